The quantitative estimate of drug-likeness (QED) is 0.798. The van der Waals surface area contributed by atoms with Gasteiger partial charge in [-0.2, -0.15) is 0 Å². The second-order valence-electron chi connectivity index (χ2n) is 4.88. The second-order valence-corrected chi connectivity index (χ2v) is 6.10. The van der Waals surface area contributed by atoms with Gasteiger partial charge >= 0.3 is 0 Å². The van der Waals surface area contributed by atoms with E-state index in [0.717, 1.165) is 19.3 Å². The molecular formula is C14H16Cl3NO3. The zero-order valence-electron chi connectivity index (χ0n) is 11.3. The zero-order chi connectivity index (χ0) is 15.4. The highest BCUT2D eigenvalue weighted by Crippen LogP contribution is 2.34. The van der Waals surface area contributed by atoms with Gasteiger partial charge in [-0.1, -0.05) is 34.8 Å². The van der Waals surface area contributed by atoms with Crippen molar-refractivity contribution in [3.05, 3.63) is 27.2 Å². The topological polar surface area (TPSA) is 49.8 Å². The minimum Gasteiger partial charge on any atom is -0.482 e. The fourth-order valence-corrected chi connectivity index (χ4v) is 2.75. The van der Waals surface area contributed by atoms with Gasteiger partial charge < -0.3 is 14.7 Å². The summed E-state index contributed by atoms with van der Waals surface area (Å²) in [6, 6.07) is 3.17. The van der Waals surface area contributed by atoms with Crippen LogP contribution in [0.2, 0.25) is 15.1 Å². The lowest BCUT2D eigenvalue weighted by Gasteiger charge is -2.37. The van der Waals surface area contributed by atoms with Crippen LogP contribution in [0.15, 0.2) is 12.1 Å². The molecule has 2 rings (SSSR count). The summed E-state index contributed by atoms with van der Waals surface area (Å²) in [6.07, 6.45) is 3.05. The summed E-state index contributed by atoms with van der Waals surface area (Å²) in [6.45, 7) is 0.117. The monoisotopic (exact) mass is 351 g/mol. The minimum atomic E-state index is -0.170. The molecule has 21 heavy (non-hydrogen) atoms. The standard InChI is InChI=1S/C14H16Cl3NO3/c15-10-6-12(17)13(7-11(10)16)21-8-14(20)18(4-5-19)9-2-1-3-9/h6-7,9,19H,1-5,8H2. The third-order valence-electron chi connectivity index (χ3n) is 3.50. The number of hydrogen-bond donors (Lipinski definition) is 1. The van der Waals surface area contributed by atoms with Crippen LogP contribution in [-0.4, -0.2) is 41.7 Å². The Morgan fingerprint density at radius 1 is 1.24 bits per heavy atom. The van der Waals surface area contributed by atoms with Gasteiger partial charge in [0, 0.05) is 18.7 Å². The van der Waals surface area contributed by atoms with Crippen molar-refractivity contribution in [3.63, 3.8) is 0 Å². The van der Waals surface area contributed by atoms with E-state index in [4.69, 9.17) is 44.6 Å². The summed E-state index contributed by atoms with van der Waals surface area (Å²) in [5, 5.41) is 10.0. The Bertz CT molecular complexity index is 520. The normalized spacial score (nSPS) is 14.7. The molecule has 0 heterocycles. The van der Waals surface area contributed by atoms with E-state index in [2.05, 4.69) is 0 Å². The highest BCUT2D eigenvalue weighted by molar-refractivity contribution is 6.43. The fourth-order valence-electron chi connectivity index (χ4n) is 2.15. The predicted octanol–water partition coefficient (Wildman–Crippen LogP) is 3.40. The summed E-state index contributed by atoms with van der Waals surface area (Å²) >= 11 is 17.7. The van der Waals surface area contributed by atoms with E-state index in [9.17, 15) is 4.79 Å². The zero-order valence-corrected chi connectivity index (χ0v) is 13.6. The Balaban J connectivity index is 1.97. The third kappa shape index (κ3) is 4.16. The molecule has 1 saturated carbocycles. The lowest BCUT2D eigenvalue weighted by Crippen LogP contribution is -2.47. The van der Waals surface area contributed by atoms with Crippen LogP contribution in [0.1, 0.15) is 19.3 Å². The largest absolute Gasteiger partial charge is 0.482 e. The molecule has 0 aliphatic heterocycles. The first-order chi connectivity index (χ1) is 10.0. The van der Waals surface area contributed by atoms with E-state index in [1.54, 1.807) is 4.90 Å². The third-order valence-corrected chi connectivity index (χ3v) is 4.52. The number of halogens is 3. The Labute approximate surface area is 138 Å². The Kier molecular flexibility index (Phi) is 5.99. The number of aliphatic hydroxyl groups excluding tert-OH is 1. The van der Waals surface area contributed by atoms with Crippen LogP contribution in [0, 0.1) is 0 Å². The Morgan fingerprint density at radius 2 is 1.90 bits per heavy atom. The molecule has 1 amide bonds. The van der Waals surface area contributed by atoms with Gasteiger partial charge in [0.15, 0.2) is 6.61 Å². The summed E-state index contributed by atoms with van der Waals surface area (Å²) < 4.78 is 5.43. The predicted molar refractivity (Wildman–Crippen MR) is 83.4 cm³/mol. The van der Waals surface area contributed by atoms with E-state index < -0.39 is 0 Å². The van der Waals surface area contributed by atoms with Gasteiger partial charge in [0.05, 0.1) is 21.7 Å². The number of carbonyl (C=O) groups excluding carboxylic acids is 1. The van der Waals surface area contributed by atoms with Crippen molar-refractivity contribution in [2.75, 3.05) is 19.8 Å². The smallest absolute Gasteiger partial charge is 0.260 e. The number of aliphatic hydroxyl groups is 1. The Hall–Kier alpha value is -0.680. The number of hydrogen-bond acceptors (Lipinski definition) is 3. The molecule has 0 aromatic heterocycles. The molecular weight excluding hydrogens is 337 g/mol. The van der Waals surface area contributed by atoms with Crippen molar-refractivity contribution in [1.29, 1.82) is 0 Å². The summed E-state index contributed by atoms with van der Waals surface area (Å²) in [7, 11) is 0. The van der Waals surface area contributed by atoms with Crippen LogP contribution in [0.25, 0.3) is 0 Å². The van der Waals surface area contributed by atoms with Gasteiger partial charge in [-0.25, -0.2) is 0 Å². The summed E-state index contributed by atoms with van der Waals surface area (Å²) in [4.78, 5) is 13.9. The maximum absolute atomic E-state index is 12.2. The van der Waals surface area contributed by atoms with Crippen LogP contribution in [0.3, 0.4) is 0 Å². The molecule has 1 aliphatic carbocycles. The first-order valence-corrected chi connectivity index (χ1v) is 7.84. The van der Waals surface area contributed by atoms with Gasteiger partial charge in [-0.15, -0.1) is 0 Å². The van der Waals surface area contributed by atoms with Crippen molar-refractivity contribution in [2.24, 2.45) is 0 Å². The lowest BCUT2D eigenvalue weighted by atomic mass is 9.91. The molecule has 0 unspecified atom stereocenters. The van der Waals surface area contributed by atoms with E-state index >= 15 is 0 Å². The molecule has 0 atom stereocenters. The van der Waals surface area contributed by atoms with Crippen LogP contribution in [0.5, 0.6) is 5.75 Å². The lowest BCUT2D eigenvalue weighted by molar-refractivity contribution is -0.138. The maximum atomic E-state index is 12.2. The highest BCUT2D eigenvalue weighted by atomic mass is 35.5. The van der Waals surface area contributed by atoms with Gasteiger partial charge in [0.25, 0.3) is 5.91 Å². The number of rotatable bonds is 6. The van der Waals surface area contributed by atoms with E-state index in [1.807, 2.05) is 0 Å². The SMILES string of the molecule is O=C(COc1cc(Cl)c(Cl)cc1Cl)N(CCO)C1CCC1. The van der Waals surface area contributed by atoms with Crippen molar-refractivity contribution < 1.29 is 14.6 Å². The number of nitrogens with zero attached hydrogens (tertiary/aromatic N) is 1. The van der Waals surface area contributed by atoms with Crippen molar-refractivity contribution in [2.45, 2.75) is 25.3 Å². The molecule has 0 radical (unpaired) electrons. The highest BCUT2D eigenvalue weighted by Gasteiger charge is 2.28. The molecule has 0 bridgehead atoms. The molecule has 1 aliphatic rings. The molecule has 1 aromatic rings. The number of benzene rings is 1. The van der Waals surface area contributed by atoms with Crippen molar-refractivity contribution in [1.82, 2.24) is 4.90 Å². The summed E-state index contributed by atoms with van der Waals surface area (Å²) in [5.74, 6) is 0.146. The molecule has 0 saturated heterocycles. The van der Waals surface area contributed by atoms with Gasteiger partial charge in [0.1, 0.15) is 5.75 Å². The number of carbonyl (C=O) groups is 1. The van der Waals surface area contributed by atoms with E-state index in [-0.39, 0.29) is 25.2 Å². The molecule has 7 heteroatoms. The molecule has 0 spiro atoms. The fraction of sp³-hybridized carbons (Fsp3) is 0.500. The maximum Gasteiger partial charge on any atom is 0.260 e. The first kappa shape index (κ1) is 16.7. The van der Waals surface area contributed by atoms with Gasteiger partial charge in [-0.3, -0.25) is 4.79 Å². The van der Waals surface area contributed by atoms with E-state index in [1.165, 1.54) is 12.1 Å². The van der Waals surface area contributed by atoms with Crippen LogP contribution in [-0.2, 0) is 4.79 Å². The van der Waals surface area contributed by atoms with Crippen molar-refractivity contribution in [3.8, 4) is 5.75 Å². The number of amides is 1. The van der Waals surface area contributed by atoms with Gasteiger partial charge in [-0.05, 0) is 25.3 Å². The van der Waals surface area contributed by atoms with E-state index in [0.29, 0.717) is 27.4 Å². The molecule has 1 N–H and O–H groups in total. The first-order valence-electron chi connectivity index (χ1n) is 6.70. The van der Waals surface area contributed by atoms with Crippen molar-refractivity contribution >= 4 is 40.7 Å². The molecule has 1 fully saturated rings. The van der Waals surface area contributed by atoms with Crippen LogP contribution in [0.4, 0.5) is 0 Å². The van der Waals surface area contributed by atoms with Crippen LogP contribution >= 0.6 is 34.8 Å². The summed E-state index contributed by atoms with van der Waals surface area (Å²) in [5.41, 5.74) is 0. The average Bonchev–Trinajstić information content (AvgIpc) is 2.38. The minimum absolute atomic E-state index is 0.0598. The number of ether oxygens (including phenoxy) is 1. The second kappa shape index (κ2) is 7.54. The van der Waals surface area contributed by atoms with Gasteiger partial charge in [0.2, 0.25) is 0 Å². The molecule has 116 valence electrons. The van der Waals surface area contributed by atoms with Crippen LogP contribution < -0.4 is 4.74 Å². The molecule has 4 nitrogen and oxygen atoms in total. The average molecular weight is 353 g/mol. The Morgan fingerprint density at radius 3 is 2.48 bits per heavy atom. The molecule has 1 aromatic carbocycles.